The van der Waals surface area contributed by atoms with E-state index in [1.54, 1.807) is 0 Å². The Morgan fingerprint density at radius 1 is 1.41 bits per heavy atom. The second-order valence-corrected chi connectivity index (χ2v) is 6.36. The lowest BCUT2D eigenvalue weighted by atomic mass is 9.98. The summed E-state index contributed by atoms with van der Waals surface area (Å²) in [5.41, 5.74) is 0.274. The number of rotatable bonds is 4. The maximum atomic E-state index is 5.68. The van der Waals surface area contributed by atoms with Crippen molar-refractivity contribution >= 4 is 0 Å². The summed E-state index contributed by atoms with van der Waals surface area (Å²) in [7, 11) is 0. The fourth-order valence-electron chi connectivity index (χ4n) is 2.97. The fourth-order valence-corrected chi connectivity index (χ4v) is 2.97. The van der Waals surface area contributed by atoms with Gasteiger partial charge in [-0.2, -0.15) is 0 Å². The van der Waals surface area contributed by atoms with E-state index in [1.807, 2.05) is 0 Å². The maximum absolute atomic E-state index is 5.68. The Labute approximate surface area is 106 Å². The van der Waals surface area contributed by atoms with E-state index in [9.17, 15) is 0 Å². The largest absolute Gasteiger partial charge is 0.378 e. The van der Waals surface area contributed by atoms with Crippen LogP contribution in [0.4, 0.5) is 0 Å². The SMILES string of the molecule is CC1CNC(C)(C)CN1CCCC1CCCO1. The van der Waals surface area contributed by atoms with Crippen molar-refractivity contribution in [3.63, 3.8) is 0 Å². The first-order chi connectivity index (χ1) is 8.07. The highest BCUT2D eigenvalue weighted by molar-refractivity contribution is 4.90. The van der Waals surface area contributed by atoms with E-state index >= 15 is 0 Å². The molecule has 2 fully saturated rings. The maximum Gasteiger partial charge on any atom is 0.0576 e. The van der Waals surface area contributed by atoms with E-state index in [4.69, 9.17) is 4.74 Å². The van der Waals surface area contributed by atoms with E-state index in [2.05, 4.69) is 31.0 Å². The van der Waals surface area contributed by atoms with Gasteiger partial charge >= 0.3 is 0 Å². The summed E-state index contributed by atoms with van der Waals surface area (Å²) >= 11 is 0. The molecule has 2 saturated heterocycles. The normalized spacial score (nSPS) is 34.1. The summed E-state index contributed by atoms with van der Waals surface area (Å²) < 4.78 is 5.68. The van der Waals surface area contributed by atoms with Crippen LogP contribution in [0.5, 0.6) is 0 Å². The third-order valence-corrected chi connectivity index (χ3v) is 4.09. The van der Waals surface area contributed by atoms with Crippen LogP contribution in [0, 0.1) is 0 Å². The van der Waals surface area contributed by atoms with Crippen molar-refractivity contribution in [3.05, 3.63) is 0 Å². The number of piperazine rings is 1. The second-order valence-electron chi connectivity index (χ2n) is 6.36. The standard InChI is InChI=1S/C14H28N2O/c1-12-10-15-14(2,3)11-16(12)8-4-6-13-7-5-9-17-13/h12-13,15H,4-11H2,1-3H3. The van der Waals surface area contributed by atoms with Gasteiger partial charge in [0.1, 0.15) is 0 Å². The smallest absolute Gasteiger partial charge is 0.0576 e. The molecule has 0 amide bonds. The van der Waals surface area contributed by atoms with Gasteiger partial charge in [0.15, 0.2) is 0 Å². The lowest BCUT2D eigenvalue weighted by Gasteiger charge is -2.43. The summed E-state index contributed by atoms with van der Waals surface area (Å²) in [4.78, 5) is 2.63. The van der Waals surface area contributed by atoms with E-state index in [0.29, 0.717) is 12.1 Å². The third kappa shape index (κ3) is 3.94. The molecule has 17 heavy (non-hydrogen) atoms. The van der Waals surface area contributed by atoms with Crippen molar-refractivity contribution in [2.24, 2.45) is 0 Å². The lowest BCUT2D eigenvalue weighted by molar-refractivity contribution is 0.0801. The van der Waals surface area contributed by atoms with E-state index in [-0.39, 0.29) is 5.54 Å². The van der Waals surface area contributed by atoms with Gasteiger partial charge in [0.2, 0.25) is 0 Å². The van der Waals surface area contributed by atoms with Crippen LogP contribution >= 0.6 is 0 Å². The van der Waals surface area contributed by atoms with Crippen molar-refractivity contribution in [1.29, 1.82) is 0 Å². The Kier molecular flexibility index (Phi) is 4.45. The number of nitrogens with zero attached hydrogens (tertiary/aromatic N) is 1. The molecular formula is C14H28N2O. The number of nitrogens with one attached hydrogen (secondary N) is 1. The molecule has 0 saturated carbocycles. The van der Waals surface area contributed by atoms with Crippen molar-refractivity contribution in [1.82, 2.24) is 10.2 Å². The highest BCUT2D eigenvalue weighted by Gasteiger charge is 2.29. The van der Waals surface area contributed by atoms with Gasteiger partial charge in [-0.3, -0.25) is 4.90 Å². The molecule has 0 aliphatic carbocycles. The first kappa shape index (κ1) is 13.3. The number of ether oxygens (including phenoxy) is 1. The topological polar surface area (TPSA) is 24.5 Å². The molecule has 2 aliphatic rings. The summed E-state index contributed by atoms with van der Waals surface area (Å²) in [5.74, 6) is 0. The van der Waals surface area contributed by atoms with Crippen LogP contribution in [-0.2, 0) is 4.74 Å². The molecule has 100 valence electrons. The van der Waals surface area contributed by atoms with Gasteiger partial charge in [-0.15, -0.1) is 0 Å². The summed E-state index contributed by atoms with van der Waals surface area (Å²) in [6, 6.07) is 0.674. The molecule has 2 unspecified atom stereocenters. The lowest BCUT2D eigenvalue weighted by Crippen LogP contribution is -2.60. The Morgan fingerprint density at radius 3 is 2.94 bits per heavy atom. The Hall–Kier alpha value is -0.120. The predicted octanol–water partition coefficient (Wildman–Crippen LogP) is 2.02. The van der Waals surface area contributed by atoms with Gasteiger partial charge in [-0.1, -0.05) is 0 Å². The van der Waals surface area contributed by atoms with Gasteiger partial charge in [0.25, 0.3) is 0 Å². The molecule has 2 aliphatic heterocycles. The van der Waals surface area contributed by atoms with Crippen molar-refractivity contribution < 1.29 is 4.74 Å². The zero-order valence-corrected chi connectivity index (χ0v) is 11.7. The van der Waals surface area contributed by atoms with Gasteiger partial charge in [0, 0.05) is 31.3 Å². The van der Waals surface area contributed by atoms with E-state index in [1.165, 1.54) is 38.8 Å². The zero-order chi connectivity index (χ0) is 12.3. The molecule has 2 rings (SSSR count). The molecule has 0 bridgehead atoms. The molecule has 3 nitrogen and oxygen atoms in total. The van der Waals surface area contributed by atoms with E-state index in [0.717, 1.165) is 13.2 Å². The summed E-state index contributed by atoms with van der Waals surface area (Å²) in [6.45, 7) is 11.4. The summed E-state index contributed by atoms with van der Waals surface area (Å²) in [6.07, 6.45) is 5.63. The van der Waals surface area contributed by atoms with Gasteiger partial charge in [-0.25, -0.2) is 0 Å². The Morgan fingerprint density at radius 2 is 2.24 bits per heavy atom. The van der Waals surface area contributed by atoms with Crippen molar-refractivity contribution in [3.8, 4) is 0 Å². The van der Waals surface area contributed by atoms with Crippen LogP contribution in [0.3, 0.4) is 0 Å². The van der Waals surface area contributed by atoms with Gasteiger partial charge < -0.3 is 10.1 Å². The van der Waals surface area contributed by atoms with Crippen LogP contribution < -0.4 is 5.32 Å². The zero-order valence-electron chi connectivity index (χ0n) is 11.7. The first-order valence-corrected chi connectivity index (χ1v) is 7.17. The molecule has 0 radical (unpaired) electrons. The van der Waals surface area contributed by atoms with Gasteiger partial charge in [0.05, 0.1) is 6.10 Å². The Bertz CT molecular complexity index is 236. The van der Waals surface area contributed by atoms with Crippen molar-refractivity contribution in [2.45, 2.75) is 64.1 Å². The molecule has 2 atom stereocenters. The van der Waals surface area contributed by atoms with Crippen LogP contribution in [0.25, 0.3) is 0 Å². The molecule has 0 aromatic carbocycles. The predicted molar refractivity (Wildman–Crippen MR) is 71.3 cm³/mol. The van der Waals surface area contributed by atoms with Crippen LogP contribution in [0.2, 0.25) is 0 Å². The van der Waals surface area contributed by atoms with Crippen LogP contribution in [-0.4, -0.2) is 48.8 Å². The number of hydrogen-bond donors (Lipinski definition) is 1. The second kappa shape index (κ2) is 5.68. The minimum absolute atomic E-state index is 0.274. The average Bonchev–Trinajstić information content (AvgIpc) is 2.76. The van der Waals surface area contributed by atoms with Crippen molar-refractivity contribution in [2.75, 3.05) is 26.2 Å². The highest BCUT2D eigenvalue weighted by atomic mass is 16.5. The molecule has 0 spiro atoms. The highest BCUT2D eigenvalue weighted by Crippen LogP contribution is 2.19. The minimum Gasteiger partial charge on any atom is -0.378 e. The van der Waals surface area contributed by atoms with E-state index < -0.39 is 0 Å². The average molecular weight is 240 g/mol. The Balaban J connectivity index is 1.69. The fraction of sp³-hybridized carbons (Fsp3) is 1.00. The van der Waals surface area contributed by atoms with Crippen LogP contribution in [0.15, 0.2) is 0 Å². The minimum atomic E-state index is 0.274. The molecule has 0 aromatic heterocycles. The summed E-state index contributed by atoms with van der Waals surface area (Å²) in [5, 5.41) is 3.60. The van der Waals surface area contributed by atoms with Gasteiger partial charge in [-0.05, 0) is 53.0 Å². The molecular weight excluding hydrogens is 212 g/mol. The molecule has 1 N–H and O–H groups in total. The third-order valence-electron chi connectivity index (χ3n) is 4.09. The first-order valence-electron chi connectivity index (χ1n) is 7.17. The van der Waals surface area contributed by atoms with Crippen LogP contribution in [0.1, 0.15) is 46.5 Å². The molecule has 3 heteroatoms. The monoisotopic (exact) mass is 240 g/mol. The quantitative estimate of drug-likeness (QED) is 0.813. The molecule has 0 aromatic rings. The number of hydrogen-bond acceptors (Lipinski definition) is 3. The molecule has 2 heterocycles.